The summed E-state index contributed by atoms with van der Waals surface area (Å²) in [5.74, 6) is 0. The molecule has 0 amide bonds. The van der Waals surface area contributed by atoms with E-state index >= 15 is 0 Å². The van der Waals surface area contributed by atoms with Gasteiger partial charge in [-0.15, -0.1) is 10.2 Å². The van der Waals surface area contributed by atoms with Gasteiger partial charge in [-0.3, -0.25) is 4.98 Å². The van der Waals surface area contributed by atoms with Crippen LogP contribution in [0.4, 0.5) is 5.13 Å². The Morgan fingerprint density at radius 1 is 1.39 bits per heavy atom. The Hall–Kier alpha value is -1.58. The first-order chi connectivity index (χ1) is 8.49. The highest BCUT2D eigenvalue weighted by Gasteiger charge is 2.22. The maximum absolute atomic E-state index is 11.9. The topological polar surface area (TPSA) is 111 Å². The van der Waals surface area contributed by atoms with Crippen LogP contribution in [0.15, 0.2) is 28.7 Å². The number of rotatable bonds is 4. The van der Waals surface area contributed by atoms with Gasteiger partial charge in [-0.2, -0.15) is 0 Å². The van der Waals surface area contributed by atoms with Crippen LogP contribution in [0.2, 0.25) is 0 Å². The quantitative estimate of drug-likeness (QED) is 0.849. The number of anilines is 1. The van der Waals surface area contributed by atoms with E-state index in [1.165, 1.54) is 0 Å². The normalized spacial score (nSPS) is 13.4. The van der Waals surface area contributed by atoms with Gasteiger partial charge < -0.3 is 5.73 Å². The van der Waals surface area contributed by atoms with Gasteiger partial charge >= 0.3 is 0 Å². The lowest BCUT2D eigenvalue weighted by Gasteiger charge is -2.11. The van der Waals surface area contributed by atoms with Gasteiger partial charge in [-0.1, -0.05) is 17.4 Å². The number of aromatic nitrogens is 3. The molecule has 0 saturated carbocycles. The summed E-state index contributed by atoms with van der Waals surface area (Å²) in [6, 6.07) is 4.83. The van der Waals surface area contributed by atoms with Crippen LogP contribution < -0.4 is 10.5 Å². The first-order valence-corrected chi connectivity index (χ1v) is 7.31. The molecule has 96 valence electrons. The molecule has 2 aromatic heterocycles. The van der Waals surface area contributed by atoms with Gasteiger partial charge in [0.15, 0.2) is 0 Å². The standard InChI is InChI=1S/C9H11N5O2S2/c1-6(7-4-2-3-5-11-7)14-18(15,16)9-13-12-8(10)17-9/h2-6,14H,1H3,(H2,10,12). The molecule has 7 nitrogen and oxygen atoms in total. The van der Waals surface area contributed by atoms with Crippen molar-refractivity contribution in [3.05, 3.63) is 30.1 Å². The molecule has 1 atom stereocenters. The fourth-order valence-corrected chi connectivity index (χ4v) is 3.32. The Bertz CT molecular complexity index is 625. The van der Waals surface area contributed by atoms with Crippen LogP contribution in [0.5, 0.6) is 0 Å². The smallest absolute Gasteiger partial charge is 0.270 e. The lowest BCUT2D eigenvalue weighted by Crippen LogP contribution is -2.27. The minimum absolute atomic E-state index is 0.112. The third kappa shape index (κ3) is 2.81. The largest absolute Gasteiger partial charge is 0.374 e. The number of nitrogen functional groups attached to an aromatic ring is 1. The fraction of sp³-hybridized carbons (Fsp3) is 0.222. The number of nitrogens with two attached hydrogens (primary N) is 1. The Morgan fingerprint density at radius 2 is 2.17 bits per heavy atom. The molecule has 0 aliphatic heterocycles. The highest BCUT2D eigenvalue weighted by molar-refractivity contribution is 7.91. The average molecular weight is 285 g/mol. The Balaban J connectivity index is 2.19. The van der Waals surface area contributed by atoms with Crippen LogP contribution in [0, 0.1) is 0 Å². The van der Waals surface area contributed by atoms with Crippen LogP contribution in [-0.4, -0.2) is 23.6 Å². The minimum atomic E-state index is -3.71. The van der Waals surface area contributed by atoms with Gasteiger partial charge in [0.05, 0.1) is 11.7 Å². The minimum Gasteiger partial charge on any atom is -0.374 e. The van der Waals surface area contributed by atoms with Gasteiger partial charge in [-0.25, -0.2) is 13.1 Å². The van der Waals surface area contributed by atoms with Crippen molar-refractivity contribution in [2.45, 2.75) is 17.3 Å². The van der Waals surface area contributed by atoms with Gasteiger partial charge in [0.25, 0.3) is 10.0 Å². The summed E-state index contributed by atoms with van der Waals surface area (Å²) < 4.78 is 26.2. The molecule has 0 aliphatic rings. The summed E-state index contributed by atoms with van der Waals surface area (Å²) in [5, 5.41) is 7.09. The number of pyridine rings is 1. The first kappa shape index (κ1) is 12.9. The number of hydrogen-bond donors (Lipinski definition) is 2. The molecule has 9 heteroatoms. The average Bonchev–Trinajstić information content (AvgIpc) is 2.77. The summed E-state index contributed by atoms with van der Waals surface area (Å²) in [5.41, 5.74) is 5.98. The Labute approximate surface area is 108 Å². The second-order valence-corrected chi connectivity index (χ2v) is 6.40. The molecular formula is C9H11N5O2S2. The van der Waals surface area contributed by atoms with E-state index in [2.05, 4.69) is 19.9 Å². The molecule has 0 radical (unpaired) electrons. The summed E-state index contributed by atoms with van der Waals surface area (Å²) >= 11 is 0.817. The van der Waals surface area contributed by atoms with E-state index in [4.69, 9.17) is 5.73 Å². The number of nitrogens with one attached hydrogen (secondary N) is 1. The van der Waals surface area contributed by atoms with E-state index in [0.29, 0.717) is 5.69 Å². The molecule has 0 spiro atoms. The highest BCUT2D eigenvalue weighted by Crippen LogP contribution is 2.19. The van der Waals surface area contributed by atoms with E-state index in [9.17, 15) is 8.42 Å². The van der Waals surface area contributed by atoms with Crippen LogP contribution >= 0.6 is 11.3 Å². The van der Waals surface area contributed by atoms with E-state index in [0.717, 1.165) is 11.3 Å². The molecule has 0 bridgehead atoms. The van der Waals surface area contributed by atoms with Crippen molar-refractivity contribution in [1.82, 2.24) is 19.9 Å². The fourth-order valence-electron chi connectivity index (χ4n) is 1.30. The van der Waals surface area contributed by atoms with Crippen LogP contribution in [-0.2, 0) is 10.0 Å². The van der Waals surface area contributed by atoms with Crippen molar-refractivity contribution in [2.75, 3.05) is 5.73 Å². The van der Waals surface area contributed by atoms with Gasteiger partial charge in [-0.05, 0) is 19.1 Å². The molecule has 0 saturated heterocycles. The van der Waals surface area contributed by atoms with Gasteiger partial charge in [0.2, 0.25) is 9.47 Å². The zero-order chi connectivity index (χ0) is 13.2. The number of hydrogen-bond acceptors (Lipinski definition) is 7. The molecule has 0 aromatic carbocycles. The third-order valence-corrected chi connectivity index (χ3v) is 4.78. The van der Waals surface area contributed by atoms with E-state index in [1.807, 2.05) is 0 Å². The van der Waals surface area contributed by atoms with Gasteiger partial charge in [0, 0.05) is 6.20 Å². The number of sulfonamides is 1. The van der Waals surface area contributed by atoms with Gasteiger partial charge in [0.1, 0.15) is 0 Å². The molecule has 3 N–H and O–H groups in total. The summed E-state index contributed by atoms with van der Waals surface area (Å²) in [4.78, 5) is 4.08. The zero-order valence-corrected chi connectivity index (χ0v) is 11.1. The van der Waals surface area contributed by atoms with Crippen molar-refractivity contribution < 1.29 is 8.42 Å². The molecule has 0 aliphatic carbocycles. The molecule has 2 aromatic rings. The summed E-state index contributed by atoms with van der Waals surface area (Å²) in [6.07, 6.45) is 1.60. The van der Waals surface area contributed by atoms with E-state index in [-0.39, 0.29) is 9.47 Å². The molecular weight excluding hydrogens is 274 g/mol. The molecule has 18 heavy (non-hydrogen) atoms. The Morgan fingerprint density at radius 3 is 2.72 bits per heavy atom. The predicted octanol–water partition coefficient (Wildman–Crippen LogP) is 0.555. The van der Waals surface area contributed by atoms with Crippen LogP contribution in [0.25, 0.3) is 0 Å². The van der Waals surface area contributed by atoms with Crippen LogP contribution in [0.3, 0.4) is 0 Å². The molecule has 2 heterocycles. The lowest BCUT2D eigenvalue weighted by atomic mass is 10.2. The van der Waals surface area contributed by atoms with Crippen molar-refractivity contribution >= 4 is 26.5 Å². The predicted molar refractivity (Wildman–Crippen MR) is 67.3 cm³/mol. The number of nitrogens with zero attached hydrogens (tertiary/aromatic N) is 3. The van der Waals surface area contributed by atoms with E-state index < -0.39 is 16.1 Å². The van der Waals surface area contributed by atoms with Crippen molar-refractivity contribution in [3.8, 4) is 0 Å². The van der Waals surface area contributed by atoms with Crippen molar-refractivity contribution in [1.29, 1.82) is 0 Å². The first-order valence-electron chi connectivity index (χ1n) is 5.01. The summed E-state index contributed by atoms with van der Waals surface area (Å²) in [7, 11) is -3.71. The Kier molecular flexibility index (Phi) is 3.55. The zero-order valence-electron chi connectivity index (χ0n) is 9.44. The molecule has 2 rings (SSSR count). The second-order valence-electron chi connectivity index (χ2n) is 3.50. The maximum atomic E-state index is 11.9. The molecule has 1 unspecified atom stereocenters. The lowest BCUT2D eigenvalue weighted by molar-refractivity contribution is 0.562. The second kappa shape index (κ2) is 4.96. The SMILES string of the molecule is CC(NS(=O)(=O)c1nnc(N)s1)c1ccccn1. The van der Waals surface area contributed by atoms with Crippen molar-refractivity contribution in [3.63, 3.8) is 0 Å². The maximum Gasteiger partial charge on any atom is 0.270 e. The summed E-state index contributed by atoms with van der Waals surface area (Å²) in [6.45, 7) is 1.70. The monoisotopic (exact) mass is 285 g/mol. The van der Waals surface area contributed by atoms with Crippen LogP contribution in [0.1, 0.15) is 18.7 Å². The molecule has 0 fully saturated rings. The third-order valence-electron chi connectivity index (χ3n) is 2.12. The van der Waals surface area contributed by atoms with Crippen molar-refractivity contribution in [2.24, 2.45) is 0 Å². The highest BCUT2D eigenvalue weighted by atomic mass is 32.2. The van der Waals surface area contributed by atoms with E-state index in [1.54, 1.807) is 31.3 Å².